The highest BCUT2D eigenvalue weighted by Crippen LogP contribution is 2.38. The van der Waals surface area contributed by atoms with Crippen LogP contribution in [0.25, 0.3) is 0 Å². The third-order valence-corrected chi connectivity index (χ3v) is 4.91. The molecule has 3 rings (SSSR count). The molecule has 7 heteroatoms. The molecule has 140 valence electrons. The Kier molecular flexibility index (Phi) is 5.35. The summed E-state index contributed by atoms with van der Waals surface area (Å²) in [6.45, 7) is 4.83. The van der Waals surface area contributed by atoms with E-state index in [0.717, 1.165) is 46.9 Å². The molecule has 2 aromatic rings. The number of amides is 2. The van der Waals surface area contributed by atoms with Crippen LogP contribution >= 0.6 is 0 Å². The van der Waals surface area contributed by atoms with Gasteiger partial charge in [0.05, 0.1) is 26.0 Å². The fraction of sp³-hybridized carbons (Fsp3) is 0.474. The first-order valence-corrected chi connectivity index (χ1v) is 8.73. The largest absolute Gasteiger partial charge is 0.497 e. The molecule has 1 atom stereocenters. The standard InChI is InChI=1S/C19H25N3O4/c1-12-16(13(2)26-21-12)11-20-19(23)22-9-5-6-17(22)15-10-14(24-3)7-8-18(15)25-4/h7-8,10,17H,5-6,9,11H2,1-4H3,(H,20,23). The third kappa shape index (κ3) is 3.47. The summed E-state index contributed by atoms with van der Waals surface area (Å²) in [6, 6.07) is 5.55. The van der Waals surface area contributed by atoms with Gasteiger partial charge in [-0.1, -0.05) is 5.16 Å². The smallest absolute Gasteiger partial charge is 0.318 e. The lowest BCUT2D eigenvalue weighted by molar-refractivity contribution is 0.191. The number of methoxy groups -OCH3 is 2. The maximum atomic E-state index is 12.8. The molecule has 1 fully saturated rings. The number of hydrogen-bond acceptors (Lipinski definition) is 5. The maximum absolute atomic E-state index is 12.8. The minimum atomic E-state index is -0.0997. The SMILES string of the molecule is COc1ccc(OC)c(C2CCCN2C(=O)NCc2c(C)noc2C)c1. The zero-order valence-electron chi connectivity index (χ0n) is 15.7. The molecule has 2 amide bonds. The van der Waals surface area contributed by atoms with Crippen LogP contribution in [0.2, 0.25) is 0 Å². The van der Waals surface area contributed by atoms with Crippen LogP contribution in [-0.2, 0) is 6.54 Å². The Bertz CT molecular complexity index is 768. The van der Waals surface area contributed by atoms with Crippen molar-refractivity contribution in [2.24, 2.45) is 0 Å². The van der Waals surface area contributed by atoms with Gasteiger partial charge in [-0.3, -0.25) is 0 Å². The zero-order chi connectivity index (χ0) is 18.7. The minimum Gasteiger partial charge on any atom is -0.497 e. The van der Waals surface area contributed by atoms with Crippen LogP contribution in [0.3, 0.4) is 0 Å². The van der Waals surface area contributed by atoms with Crippen molar-refractivity contribution in [3.8, 4) is 11.5 Å². The number of rotatable bonds is 5. The molecular weight excluding hydrogens is 334 g/mol. The zero-order valence-corrected chi connectivity index (χ0v) is 15.7. The number of nitrogens with zero attached hydrogens (tertiary/aromatic N) is 2. The minimum absolute atomic E-state index is 0.0373. The molecule has 1 N–H and O–H groups in total. The number of hydrogen-bond donors (Lipinski definition) is 1. The average Bonchev–Trinajstić information content (AvgIpc) is 3.26. The Balaban J connectivity index is 1.76. The summed E-state index contributed by atoms with van der Waals surface area (Å²) < 4.78 is 16.0. The van der Waals surface area contributed by atoms with Crippen molar-refractivity contribution in [3.63, 3.8) is 0 Å². The van der Waals surface area contributed by atoms with Crippen LogP contribution in [-0.4, -0.2) is 36.9 Å². The first-order chi connectivity index (χ1) is 12.5. The van der Waals surface area contributed by atoms with Gasteiger partial charge in [0.25, 0.3) is 0 Å². The van der Waals surface area contributed by atoms with Gasteiger partial charge in [-0.15, -0.1) is 0 Å². The van der Waals surface area contributed by atoms with E-state index in [1.54, 1.807) is 14.2 Å². The van der Waals surface area contributed by atoms with Crippen molar-refractivity contribution in [2.45, 2.75) is 39.3 Å². The first kappa shape index (κ1) is 18.1. The number of aromatic nitrogens is 1. The molecular formula is C19H25N3O4. The van der Waals surface area contributed by atoms with Crippen LogP contribution in [0, 0.1) is 13.8 Å². The molecule has 0 spiro atoms. The van der Waals surface area contributed by atoms with Crippen molar-refractivity contribution in [1.82, 2.24) is 15.4 Å². The Hall–Kier alpha value is -2.70. The molecule has 2 heterocycles. The van der Waals surface area contributed by atoms with Gasteiger partial charge in [-0.2, -0.15) is 0 Å². The Labute approximate surface area is 153 Å². The molecule has 1 aromatic carbocycles. The van der Waals surface area contributed by atoms with Gasteiger partial charge in [0.2, 0.25) is 0 Å². The second-order valence-electron chi connectivity index (χ2n) is 6.42. The summed E-state index contributed by atoms with van der Waals surface area (Å²) >= 11 is 0. The summed E-state index contributed by atoms with van der Waals surface area (Å²) in [5, 5.41) is 6.92. The molecule has 0 bridgehead atoms. The molecule has 1 unspecified atom stereocenters. The van der Waals surface area contributed by atoms with Gasteiger partial charge >= 0.3 is 6.03 Å². The van der Waals surface area contributed by atoms with E-state index in [4.69, 9.17) is 14.0 Å². The van der Waals surface area contributed by atoms with Crippen LogP contribution in [0.5, 0.6) is 11.5 Å². The molecule has 0 aliphatic carbocycles. The quantitative estimate of drug-likeness (QED) is 0.886. The number of nitrogens with one attached hydrogen (secondary N) is 1. The number of benzene rings is 1. The van der Waals surface area contributed by atoms with Gasteiger partial charge in [0.15, 0.2) is 0 Å². The van der Waals surface area contributed by atoms with Crippen molar-refractivity contribution in [2.75, 3.05) is 20.8 Å². The number of aryl methyl sites for hydroxylation is 2. The summed E-state index contributed by atoms with van der Waals surface area (Å²) in [5.74, 6) is 2.25. The van der Waals surface area contributed by atoms with Crippen LogP contribution < -0.4 is 14.8 Å². The first-order valence-electron chi connectivity index (χ1n) is 8.73. The molecule has 1 saturated heterocycles. The van der Waals surface area contributed by atoms with E-state index < -0.39 is 0 Å². The van der Waals surface area contributed by atoms with Crippen molar-refractivity contribution >= 4 is 6.03 Å². The van der Waals surface area contributed by atoms with Crippen LogP contribution in [0.15, 0.2) is 22.7 Å². The molecule has 26 heavy (non-hydrogen) atoms. The van der Waals surface area contributed by atoms with Crippen molar-refractivity contribution in [3.05, 3.63) is 40.8 Å². The summed E-state index contributed by atoms with van der Waals surface area (Å²) in [7, 11) is 3.27. The lowest BCUT2D eigenvalue weighted by Gasteiger charge is -2.27. The average molecular weight is 359 g/mol. The van der Waals surface area contributed by atoms with E-state index in [9.17, 15) is 4.79 Å². The van der Waals surface area contributed by atoms with Gasteiger partial charge in [0, 0.05) is 24.2 Å². The maximum Gasteiger partial charge on any atom is 0.318 e. The fourth-order valence-corrected chi connectivity index (χ4v) is 3.45. The Morgan fingerprint density at radius 2 is 2.15 bits per heavy atom. The highest BCUT2D eigenvalue weighted by atomic mass is 16.5. The topological polar surface area (TPSA) is 76.8 Å². The fourth-order valence-electron chi connectivity index (χ4n) is 3.45. The lowest BCUT2D eigenvalue weighted by atomic mass is 10.0. The second kappa shape index (κ2) is 7.68. The molecule has 0 saturated carbocycles. The number of ether oxygens (including phenoxy) is 2. The molecule has 1 aliphatic heterocycles. The number of carbonyl (C=O) groups is 1. The van der Waals surface area contributed by atoms with E-state index >= 15 is 0 Å². The molecule has 1 aliphatic rings. The predicted octanol–water partition coefficient (Wildman–Crippen LogP) is 3.36. The van der Waals surface area contributed by atoms with Crippen molar-refractivity contribution in [1.29, 1.82) is 0 Å². The van der Waals surface area contributed by atoms with E-state index in [1.807, 2.05) is 36.9 Å². The van der Waals surface area contributed by atoms with Gasteiger partial charge in [-0.05, 0) is 44.9 Å². The summed E-state index contributed by atoms with van der Waals surface area (Å²) in [5.41, 5.74) is 2.69. The second-order valence-corrected chi connectivity index (χ2v) is 6.42. The van der Waals surface area contributed by atoms with Crippen LogP contribution in [0.1, 0.15) is 41.5 Å². The normalized spacial score (nSPS) is 16.6. The van der Waals surface area contributed by atoms with E-state index in [-0.39, 0.29) is 12.1 Å². The Morgan fingerprint density at radius 3 is 2.81 bits per heavy atom. The van der Waals surface area contributed by atoms with Crippen LogP contribution in [0.4, 0.5) is 4.79 Å². The van der Waals surface area contributed by atoms with E-state index in [1.165, 1.54) is 0 Å². The number of urea groups is 1. The number of carbonyl (C=O) groups excluding carboxylic acids is 1. The molecule has 0 radical (unpaired) electrons. The molecule has 1 aromatic heterocycles. The number of likely N-dealkylation sites (tertiary alicyclic amines) is 1. The Morgan fingerprint density at radius 1 is 1.35 bits per heavy atom. The summed E-state index contributed by atoms with van der Waals surface area (Å²) in [6.07, 6.45) is 1.84. The summed E-state index contributed by atoms with van der Waals surface area (Å²) in [4.78, 5) is 14.6. The highest BCUT2D eigenvalue weighted by molar-refractivity contribution is 5.75. The lowest BCUT2D eigenvalue weighted by Crippen LogP contribution is -2.39. The van der Waals surface area contributed by atoms with Gasteiger partial charge in [0.1, 0.15) is 17.3 Å². The monoisotopic (exact) mass is 359 g/mol. The van der Waals surface area contributed by atoms with Gasteiger partial charge < -0.3 is 24.2 Å². The molecule has 7 nitrogen and oxygen atoms in total. The van der Waals surface area contributed by atoms with Gasteiger partial charge in [-0.25, -0.2) is 4.79 Å². The highest BCUT2D eigenvalue weighted by Gasteiger charge is 2.32. The van der Waals surface area contributed by atoms with E-state index in [2.05, 4.69) is 10.5 Å². The van der Waals surface area contributed by atoms with Crippen molar-refractivity contribution < 1.29 is 18.8 Å². The third-order valence-electron chi connectivity index (χ3n) is 4.91. The predicted molar refractivity (Wildman–Crippen MR) is 96.4 cm³/mol. The van der Waals surface area contributed by atoms with E-state index in [0.29, 0.717) is 13.1 Å².